The molecule has 0 saturated heterocycles. The Morgan fingerprint density at radius 1 is 1.28 bits per heavy atom. The normalized spacial score (nSPS) is 19.6. The van der Waals surface area contributed by atoms with Crippen LogP contribution in [0.5, 0.6) is 0 Å². The number of rotatable bonds is 6. The van der Waals surface area contributed by atoms with Crippen LogP contribution in [0.4, 0.5) is 0 Å². The van der Waals surface area contributed by atoms with Gasteiger partial charge in [-0.1, -0.05) is 26.2 Å². The van der Waals surface area contributed by atoms with E-state index in [-0.39, 0.29) is 17.7 Å². The highest BCUT2D eigenvalue weighted by molar-refractivity contribution is 5.68. The molecule has 3 heteroatoms. The van der Waals surface area contributed by atoms with Gasteiger partial charge in [0, 0.05) is 6.42 Å². The van der Waals surface area contributed by atoms with Crippen LogP contribution in [0.25, 0.3) is 0 Å². The Morgan fingerprint density at radius 3 is 2.44 bits per heavy atom. The molecule has 0 bridgehead atoms. The van der Waals surface area contributed by atoms with Crippen molar-refractivity contribution in [1.29, 1.82) is 0 Å². The lowest BCUT2D eigenvalue weighted by molar-refractivity contribution is -0.157. The van der Waals surface area contributed by atoms with E-state index in [4.69, 9.17) is 9.47 Å². The maximum absolute atomic E-state index is 11.1. The molecule has 1 aliphatic carbocycles. The summed E-state index contributed by atoms with van der Waals surface area (Å²) in [4.78, 5) is 11.1. The average molecular weight is 256 g/mol. The molecule has 1 aliphatic rings. The van der Waals surface area contributed by atoms with E-state index in [0.717, 1.165) is 0 Å². The number of esters is 1. The second-order valence-electron chi connectivity index (χ2n) is 5.90. The molecule has 1 unspecified atom stereocenters. The highest BCUT2D eigenvalue weighted by atomic mass is 16.6. The number of hydrogen-bond acceptors (Lipinski definition) is 3. The molecule has 1 fully saturated rings. The quantitative estimate of drug-likeness (QED) is 0.680. The van der Waals surface area contributed by atoms with Crippen LogP contribution in [0, 0.1) is 5.92 Å². The van der Waals surface area contributed by atoms with E-state index in [1.807, 2.05) is 6.92 Å². The van der Waals surface area contributed by atoms with Gasteiger partial charge in [-0.2, -0.15) is 0 Å². The lowest BCUT2D eigenvalue weighted by Gasteiger charge is -2.38. The Hall–Kier alpha value is -0.570. The summed E-state index contributed by atoms with van der Waals surface area (Å²) in [6.45, 7) is 8.48. The molecule has 1 saturated carbocycles. The molecule has 0 N–H and O–H groups in total. The summed E-state index contributed by atoms with van der Waals surface area (Å²) in [5, 5.41) is 0. The highest BCUT2D eigenvalue weighted by Crippen LogP contribution is 2.35. The summed E-state index contributed by atoms with van der Waals surface area (Å²) in [5.41, 5.74) is -0.113. The Morgan fingerprint density at radius 2 is 1.89 bits per heavy atom. The lowest BCUT2D eigenvalue weighted by atomic mass is 9.78. The first-order chi connectivity index (χ1) is 8.45. The molecule has 0 radical (unpaired) electrons. The van der Waals surface area contributed by atoms with Gasteiger partial charge in [0.25, 0.3) is 0 Å². The fourth-order valence-corrected chi connectivity index (χ4v) is 2.76. The molecule has 1 rings (SSSR count). The molecular weight excluding hydrogens is 228 g/mol. The Kier molecular flexibility index (Phi) is 6.13. The van der Waals surface area contributed by atoms with Crippen molar-refractivity contribution >= 4 is 5.97 Å². The first-order valence-corrected chi connectivity index (χ1v) is 7.29. The van der Waals surface area contributed by atoms with Gasteiger partial charge >= 0.3 is 5.97 Å². The number of carbonyl (C=O) groups excluding carboxylic acids is 1. The molecular formula is C15H28O3. The van der Waals surface area contributed by atoms with Crippen molar-refractivity contribution in [3.05, 3.63) is 0 Å². The molecule has 0 aromatic heterocycles. The van der Waals surface area contributed by atoms with Gasteiger partial charge in [0.1, 0.15) is 6.61 Å². The molecule has 18 heavy (non-hydrogen) atoms. The Balaban J connectivity index is 2.36. The Bertz CT molecular complexity index is 254. The first-order valence-electron chi connectivity index (χ1n) is 7.29. The zero-order chi connectivity index (χ0) is 13.6. The molecule has 3 nitrogen and oxygen atoms in total. The summed E-state index contributed by atoms with van der Waals surface area (Å²) in [5.74, 6) is 0.483. The summed E-state index contributed by atoms with van der Waals surface area (Å²) in [6.07, 6.45) is 6.91. The Labute approximate surface area is 111 Å². The van der Waals surface area contributed by atoms with Gasteiger partial charge in [0.15, 0.2) is 0 Å². The van der Waals surface area contributed by atoms with Crippen LogP contribution in [0.1, 0.15) is 66.2 Å². The summed E-state index contributed by atoms with van der Waals surface area (Å²) >= 11 is 0. The van der Waals surface area contributed by atoms with Gasteiger partial charge in [-0.3, -0.25) is 4.79 Å². The maximum atomic E-state index is 11.1. The van der Waals surface area contributed by atoms with Crippen LogP contribution >= 0.6 is 0 Å². The SMILES string of the molecule is CCC(=O)OCC(C)OC(C)(C)C1CCCCC1. The van der Waals surface area contributed by atoms with Gasteiger partial charge in [-0.25, -0.2) is 0 Å². The smallest absolute Gasteiger partial charge is 0.305 e. The summed E-state index contributed by atoms with van der Waals surface area (Å²) in [6, 6.07) is 0. The highest BCUT2D eigenvalue weighted by Gasteiger charge is 2.33. The zero-order valence-electron chi connectivity index (χ0n) is 12.3. The van der Waals surface area contributed by atoms with Crippen molar-refractivity contribution in [2.24, 2.45) is 5.92 Å². The van der Waals surface area contributed by atoms with Crippen LogP contribution in [0.15, 0.2) is 0 Å². The van der Waals surface area contributed by atoms with E-state index in [2.05, 4.69) is 13.8 Å². The predicted molar refractivity (Wildman–Crippen MR) is 72.5 cm³/mol. The summed E-state index contributed by atoms with van der Waals surface area (Å²) in [7, 11) is 0. The third-order valence-corrected chi connectivity index (χ3v) is 3.86. The number of hydrogen-bond donors (Lipinski definition) is 0. The van der Waals surface area contributed by atoms with Crippen molar-refractivity contribution in [2.75, 3.05) is 6.61 Å². The van der Waals surface area contributed by atoms with Crippen molar-refractivity contribution in [3.63, 3.8) is 0 Å². The topological polar surface area (TPSA) is 35.5 Å². The third-order valence-electron chi connectivity index (χ3n) is 3.86. The van der Waals surface area contributed by atoms with Crippen molar-refractivity contribution in [1.82, 2.24) is 0 Å². The minimum atomic E-state index is -0.152. The van der Waals surface area contributed by atoms with Crippen molar-refractivity contribution in [2.45, 2.75) is 77.9 Å². The van der Waals surface area contributed by atoms with Gasteiger partial charge in [0.05, 0.1) is 11.7 Å². The second kappa shape index (κ2) is 7.13. The van der Waals surface area contributed by atoms with E-state index in [1.165, 1.54) is 32.1 Å². The maximum Gasteiger partial charge on any atom is 0.305 e. The first kappa shape index (κ1) is 15.5. The molecule has 0 spiro atoms. The van der Waals surface area contributed by atoms with E-state index >= 15 is 0 Å². The van der Waals surface area contributed by atoms with Crippen LogP contribution < -0.4 is 0 Å². The van der Waals surface area contributed by atoms with Crippen LogP contribution in [-0.2, 0) is 14.3 Å². The molecule has 0 amide bonds. The fourth-order valence-electron chi connectivity index (χ4n) is 2.76. The largest absolute Gasteiger partial charge is 0.463 e. The minimum Gasteiger partial charge on any atom is -0.463 e. The van der Waals surface area contributed by atoms with E-state index < -0.39 is 0 Å². The molecule has 0 aromatic rings. The standard InChI is InChI=1S/C15H28O3/c1-5-14(16)17-11-12(2)18-15(3,4)13-9-7-6-8-10-13/h12-13H,5-11H2,1-4H3. The molecule has 0 aromatic carbocycles. The van der Waals surface area contributed by atoms with Gasteiger partial charge in [0.2, 0.25) is 0 Å². The fraction of sp³-hybridized carbons (Fsp3) is 0.933. The van der Waals surface area contributed by atoms with Gasteiger partial charge in [-0.05, 0) is 39.5 Å². The van der Waals surface area contributed by atoms with E-state index in [0.29, 0.717) is 18.9 Å². The van der Waals surface area contributed by atoms with Gasteiger partial charge in [-0.15, -0.1) is 0 Å². The monoisotopic (exact) mass is 256 g/mol. The number of ether oxygens (including phenoxy) is 2. The molecule has 106 valence electrons. The molecule has 0 aliphatic heterocycles. The third kappa shape index (κ3) is 4.97. The zero-order valence-corrected chi connectivity index (χ0v) is 12.3. The lowest BCUT2D eigenvalue weighted by Crippen LogP contribution is -2.40. The van der Waals surface area contributed by atoms with E-state index in [1.54, 1.807) is 6.92 Å². The van der Waals surface area contributed by atoms with E-state index in [9.17, 15) is 4.79 Å². The molecule has 0 heterocycles. The minimum absolute atomic E-state index is 0.0302. The summed E-state index contributed by atoms with van der Waals surface area (Å²) < 4.78 is 11.2. The van der Waals surface area contributed by atoms with Gasteiger partial charge < -0.3 is 9.47 Å². The van der Waals surface area contributed by atoms with Crippen LogP contribution in [-0.4, -0.2) is 24.3 Å². The predicted octanol–water partition coefficient (Wildman–Crippen LogP) is 3.70. The van der Waals surface area contributed by atoms with Crippen molar-refractivity contribution in [3.8, 4) is 0 Å². The van der Waals surface area contributed by atoms with Crippen LogP contribution in [0.3, 0.4) is 0 Å². The number of carbonyl (C=O) groups is 1. The van der Waals surface area contributed by atoms with Crippen LogP contribution in [0.2, 0.25) is 0 Å². The van der Waals surface area contributed by atoms with Crippen molar-refractivity contribution < 1.29 is 14.3 Å². The average Bonchev–Trinajstić information content (AvgIpc) is 2.36. The second-order valence-corrected chi connectivity index (χ2v) is 5.90. The molecule has 1 atom stereocenters.